The molecule has 1 aromatic heterocycles. The number of benzene rings is 1. The van der Waals surface area contributed by atoms with E-state index in [2.05, 4.69) is 29.1 Å². The molecule has 0 aliphatic carbocycles. The van der Waals surface area contributed by atoms with E-state index in [1.165, 1.54) is 6.42 Å². The van der Waals surface area contributed by atoms with Crippen LogP contribution in [0.1, 0.15) is 22.5 Å². The van der Waals surface area contributed by atoms with Crippen LogP contribution in [-0.2, 0) is 0 Å². The van der Waals surface area contributed by atoms with Gasteiger partial charge in [-0.05, 0) is 50.0 Å². The van der Waals surface area contributed by atoms with Crippen molar-refractivity contribution in [1.82, 2.24) is 14.8 Å². The predicted octanol–water partition coefficient (Wildman–Crippen LogP) is 2.83. The van der Waals surface area contributed by atoms with E-state index < -0.39 is 0 Å². The molecule has 0 radical (unpaired) electrons. The molecule has 2 aliphatic rings. The van der Waals surface area contributed by atoms with E-state index in [4.69, 9.17) is 0 Å². The number of hydrogen-bond donors (Lipinski definition) is 0. The maximum atomic E-state index is 13.3. The first-order valence-corrected chi connectivity index (χ1v) is 8.65. The van der Waals surface area contributed by atoms with Crippen molar-refractivity contribution in [3.05, 3.63) is 53.9 Å². The van der Waals surface area contributed by atoms with Crippen LogP contribution in [0.25, 0.3) is 11.1 Å². The number of rotatable bonds is 2. The molecule has 4 nitrogen and oxygen atoms in total. The number of likely N-dealkylation sites (tertiary alicyclic amines) is 2. The SMILES string of the molecule is Cc1nccc(-c2ccccc2)c1C(=O)N1C[C@H]2CCN(C)[C@H]2C1. The number of hydrogen-bond acceptors (Lipinski definition) is 3. The van der Waals surface area contributed by atoms with Gasteiger partial charge < -0.3 is 9.80 Å². The topological polar surface area (TPSA) is 36.4 Å². The highest BCUT2D eigenvalue weighted by molar-refractivity contribution is 6.02. The number of fused-ring (bicyclic) bond motifs is 1. The average molecular weight is 321 g/mol. The standard InChI is InChI=1S/C20H23N3O/c1-14-19(17(8-10-21-14)15-6-4-3-5-7-15)20(24)23-12-16-9-11-22(2)18(16)13-23/h3-8,10,16,18H,9,11-13H2,1-2H3/t16-,18+/m1/s1. The van der Waals surface area contributed by atoms with Gasteiger partial charge in [0.25, 0.3) is 5.91 Å². The van der Waals surface area contributed by atoms with Gasteiger partial charge in [0.15, 0.2) is 0 Å². The quantitative estimate of drug-likeness (QED) is 0.853. The zero-order valence-electron chi connectivity index (χ0n) is 14.3. The van der Waals surface area contributed by atoms with Gasteiger partial charge in [0.1, 0.15) is 0 Å². The average Bonchev–Trinajstić information content (AvgIpc) is 3.17. The van der Waals surface area contributed by atoms with Crippen molar-refractivity contribution in [3.63, 3.8) is 0 Å². The fourth-order valence-corrected chi connectivity index (χ4v) is 4.19. The molecule has 3 heterocycles. The number of nitrogens with zero attached hydrogens (tertiary/aromatic N) is 3. The molecule has 1 aromatic carbocycles. The minimum Gasteiger partial charge on any atom is -0.337 e. The second-order valence-corrected chi connectivity index (χ2v) is 6.99. The summed E-state index contributed by atoms with van der Waals surface area (Å²) in [6.45, 7) is 4.79. The summed E-state index contributed by atoms with van der Waals surface area (Å²) < 4.78 is 0. The molecule has 0 unspecified atom stereocenters. The van der Waals surface area contributed by atoms with Crippen LogP contribution in [0.5, 0.6) is 0 Å². The summed E-state index contributed by atoms with van der Waals surface area (Å²) in [5, 5.41) is 0. The summed E-state index contributed by atoms with van der Waals surface area (Å²) in [6.07, 6.45) is 2.99. The Hall–Kier alpha value is -2.20. The first-order chi connectivity index (χ1) is 11.6. The molecule has 4 heteroatoms. The fraction of sp³-hybridized carbons (Fsp3) is 0.400. The van der Waals surface area contributed by atoms with E-state index in [0.717, 1.165) is 42.0 Å². The molecule has 4 rings (SSSR count). The van der Waals surface area contributed by atoms with Crippen molar-refractivity contribution in [2.75, 3.05) is 26.7 Å². The van der Waals surface area contributed by atoms with Gasteiger partial charge in [-0.2, -0.15) is 0 Å². The van der Waals surface area contributed by atoms with E-state index in [0.29, 0.717) is 12.0 Å². The van der Waals surface area contributed by atoms with Gasteiger partial charge >= 0.3 is 0 Å². The van der Waals surface area contributed by atoms with Gasteiger partial charge in [-0.3, -0.25) is 9.78 Å². The third kappa shape index (κ3) is 2.51. The molecule has 2 fully saturated rings. The number of carbonyl (C=O) groups excluding carboxylic acids is 1. The maximum absolute atomic E-state index is 13.3. The van der Waals surface area contributed by atoms with E-state index in [1.54, 1.807) is 6.20 Å². The van der Waals surface area contributed by atoms with Crippen LogP contribution in [0.15, 0.2) is 42.6 Å². The smallest absolute Gasteiger partial charge is 0.256 e. The van der Waals surface area contributed by atoms with Crippen molar-refractivity contribution >= 4 is 5.91 Å². The molecule has 0 N–H and O–H groups in total. The summed E-state index contributed by atoms with van der Waals surface area (Å²) in [7, 11) is 2.17. The lowest BCUT2D eigenvalue weighted by Gasteiger charge is -2.22. The Morgan fingerprint density at radius 1 is 1.17 bits per heavy atom. The Bertz CT molecular complexity index is 759. The summed E-state index contributed by atoms with van der Waals surface area (Å²) in [4.78, 5) is 22.1. The number of aromatic nitrogens is 1. The van der Waals surface area contributed by atoms with Crippen molar-refractivity contribution < 1.29 is 4.79 Å². The minimum atomic E-state index is 0.127. The number of aryl methyl sites for hydroxylation is 1. The van der Waals surface area contributed by atoms with E-state index in [-0.39, 0.29) is 5.91 Å². The second-order valence-electron chi connectivity index (χ2n) is 6.99. The van der Waals surface area contributed by atoms with Crippen molar-refractivity contribution in [2.45, 2.75) is 19.4 Å². The van der Waals surface area contributed by atoms with Gasteiger partial charge in [-0.25, -0.2) is 0 Å². The summed E-state index contributed by atoms with van der Waals surface area (Å²) in [5.41, 5.74) is 3.62. The Morgan fingerprint density at radius 3 is 2.71 bits per heavy atom. The molecule has 2 aromatic rings. The molecular formula is C20H23N3O. The predicted molar refractivity (Wildman–Crippen MR) is 94.8 cm³/mol. The van der Waals surface area contributed by atoms with Gasteiger partial charge in [0.05, 0.1) is 11.3 Å². The molecule has 24 heavy (non-hydrogen) atoms. The molecule has 2 atom stereocenters. The first kappa shape index (κ1) is 15.3. The van der Waals surface area contributed by atoms with E-state index in [9.17, 15) is 4.79 Å². The molecule has 0 spiro atoms. The lowest BCUT2D eigenvalue weighted by molar-refractivity contribution is 0.0774. The fourth-order valence-electron chi connectivity index (χ4n) is 4.19. The van der Waals surface area contributed by atoms with Crippen LogP contribution in [0.4, 0.5) is 0 Å². The zero-order chi connectivity index (χ0) is 16.7. The third-order valence-corrected chi connectivity index (χ3v) is 5.55. The molecular weight excluding hydrogens is 298 g/mol. The van der Waals surface area contributed by atoms with E-state index >= 15 is 0 Å². The van der Waals surface area contributed by atoms with Crippen LogP contribution in [0.3, 0.4) is 0 Å². The van der Waals surface area contributed by atoms with Crippen molar-refractivity contribution in [1.29, 1.82) is 0 Å². The van der Waals surface area contributed by atoms with Gasteiger partial charge in [-0.15, -0.1) is 0 Å². The first-order valence-electron chi connectivity index (χ1n) is 8.65. The monoisotopic (exact) mass is 321 g/mol. The molecule has 1 amide bonds. The molecule has 2 aliphatic heterocycles. The van der Waals surface area contributed by atoms with Gasteiger partial charge in [-0.1, -0.05) is 30.3 Å². The van der Waals surface area contributed by atoms with Crippen molar-refractivity contribution in [3.8, 4) is 11.1 Å². The Labute approximate surface area is 143 Å². The highest BCUT2D eigenvalue weighted by Gasteiger charge is 2.41. The summed E-state index contributed by atoms with van der Waals surface area (Å²) >= 11 is 0. The van der Waals surface area contributed by atoms with Crippen molar-refractivity contribution in [2.24, 2.45) is 5.92 Å². The minimum absolute atomic E-state index is 0.127. The lowest BCUT2D eigenvalue weighted by atomic mass is 9.98. The maximum Gasteiger partial charge on any atom is 0.256 e. The summed E-state index contributed by atoms with van der Waals surface area (Å²) in [6, 6.07) is 12.6. The number of likely N-dealkylation sites (N-methyl/N-ethyl adjacent to an activating group) is 1. The Kier molecular flexibility index (Phi) is 3.85. The second kappa shape index (κ2) is 6.02. The molecule has 0 bridgehead atoms. The van der Waals surface area contributed by atoms with E-state index in [1.807, 2.05) is 36.1 Å². The largest absolute Gasteiger partial charge is 0.337 e. The van der Waals surface area contributed by atoms with Gasteiger partial charge in [0, 0.05) is 25.3 Å². The zero-order valence-corrected chi connectivity index (χ0v) is 14.3. The highest BCUT2D eigenvalue weighted by Crippen LogP contribution is 2.33. The van der Waals surface area contributed by atoms with Gasteiger partial charge in [0.2, 0.25) is 0 Å². The highest BCUT2D eigenvalue weighted by atomic mass is 16.2. The summed E-state index contributed by atoms with van der Waals surface area (Å²) in [5.74, 6) is 0.748. The van der Waals surface area contributed by atoms with Crippen LogP contribution in [0, 0.1) is 12.8 Å². The third-order valence-electron chi connectivity index (χ3n) is 5.55. The number of pyridine rings is 1. The molecule has 0 saturated carbocycles. The Balaban J connectivity index is 1.68. The lowest BCUT2D eigenvalue weighted by Crippen LogP contribution is -2.35. The van der Waals surface area contributed by atoms with Crippen LogP contribution < -0.4 is 0 Å². The number of amides is 1. The normalized spacial score (nSPS) is 23.5. The van der Waals surface area contributed by atoms with Crippen LogP contribution in [0.2, 0.25) is 0 Å². The van der Waals surface area contributed by atoms with Crippen LogP contribution in [-0.4, -0.2) is 53.4 Å². The Morgan fingerprint density at radius 2 is 1.96 bits per heavy atom. The molecule has 2 saturated heterocycles. The molecule has 124 valence electrons. The van der Waals surface area contributed by atoms with Crippen LogP contribution >= 0.6 is 0 Å². The number of carbonyl (C=O) groups is 1.